The zero-order valence-electron chi connectivity index (χ0n) is 8.46. The summed E-state index contributed by atoms with van der Waals surface area (Å²) in [6.45, 7) is 2.17. The van der Waals surface area contributed by atoms with Crippen molar-refractivity contribution in [1.29, 1.82) is 0 Å². The van der Waals surface area contributed by atoms with E-state index in [1.165, 1.54) is 0 Å². The maximum Gasteiger partial charge on any atom is 0.280 e. The van der Waals surface area contributed by atoms with Gasteiger partial charge in [0.15, 0.2) is 0 Å². The first kappa shape index (κ1) is 12.2. The van der Waals surface area contributed by atoms with Crippen molar-refractivity contribution in [2.45, 2.75) is 25.8 Å². The molecule has 0 spiro atoms. The maximum absolute atomic E-state index is 11.2. The van der Waals surface area contributed by atoms with E-state index < -0.39 is 0 Å². The summed E-state index contributed by atoms with van der Waals surface area (Å²) < 4.78 is 0.452. The smallest absolute Gasteiger partial charge is 0.280 e. The Labute approximate surface area is 96.0 Å². The average molecular weight is 276 g/mol. The fraction of sp³-hybridized carbons (Fsp3) is 0.556. The van der Waals surface area contributed by atoms with Gasteiger partial charge in [0.25, 0.3) is 5.56 Å². The van der Waals surface area contributed by atoms with Gasteiger partial charge in [-0.2, -0.15) is 5.10 Å². The van der Waals surface area contributed by atoms with Crippen LogP contribution < -0.4 is 10.9 Å². The molecule has 0 aliphatic heterocycles. The average Bonchev–Trinajstić information content (AvgIpc) is 2.22. The minimum atomic E-state index is -0.255. The second kappa shape index (κ2) is 5.87. The molecular formula is C9H14BrN3O2. The predicted molar refractivity (Wildman–Crippen MR) is 62.0 cm³/mol. The van der Waals surface area contributed by atoms with Gasteiger partial charge in [-0.3, -0.25) is 4.79 Å². The first-order valence-corrected chi connectivity index (χ1v) is 5.55. The molecule has 0 aliphatic rings. The Bertz CT molecular complexity index is 367. The highest BCUT2D eigenvalue weighted by molar-refractivity contribution is 9.10. The van der Waals surface area contributed by atoms with Gasteiger partial charge < -0.3 is 10.4 Å². The van der Waals surface area contributed by atoms with E-state index in [2.05, 4.69) is 31.4 Å². The third-order valence-electron chi connectivity index (χ3n) is 1.99. The predicted octanol–water partition coefficient (Wildman–Crippen LogP) is 1.11. The lowest BCUT2D eigenvalue weighted by Gasteiger charge is -2.14. The van der Waals surface area contributed by atoms with E-state index in [0.717, 1.165) is 12.8 Å². The van der Waals surface area contributed by atoms with E-state index in [1.54, 1.807) is 6.20 Å². The van der Waals surface area contributed by atoms with Gasteiger partial charge in [0.05, 0.1) is 11.9 Å². The van der Waals surface area contributed by atoms with Crippen molar-refractivity contribution in [2.75, 3.05) is 11.9 Å². The van der Waals surface area contributed by atoms with Gasteiger partial charge in [-0.05, 0) is 35.7 Å². The molecule has 5 nitrogen and oxygen atoms in total. The topological polar surface area (TPSA) is 78.0 Å². The van der Waals surface area contributed by atoms with Crippen LogP contribution in [0.5, 0.6) is 0 Å². The van der Waals surface area contributed by atoms with Crippen LogP contribution in [0.3, 0.4) is 0 Å². The first-order chi connectivity index (χ1) is 7.15. The van der Waals surface area contributed by atoms with Crippen LogP contribution in [0.4, 0.5) is 5.69 Å². The number of aliphatic hydroxyl groups is 1. The number of nitrogens with one attached hydrogen (secondary N) is 2. The monoisotopic (exact) mass is 275 g/mol. The number of halogens is 1. The molecule has 3 N–H and O–H groups in total. The molecule has 6 heteroatoms. The standard InChI is InChI=1S/C9H14BrN3O2/c1-6(3-2-4-14)12-7-5-11-13-9(15)8(7)10/h5-6,14H,2-4H2,1H3,(H2,12,13,15). The van der Waals surface area contributed by atoms with E-state index in [9.17, 15) is 4.79 Å². The normalized spacial score (nSPS) is 12.5. The van der Waals surface area contributed by atoms with Crippen molar-refractivity contribution in [3.63, 3.8) is 0 Å². The van der Waals surface area contributed by atoms with Crippen molar-refractivity contribution in [3.8, 4) is 0 Å². The van der Waals surface area contributed by atoms with Crippen LogP contribution in [0.2, 0.25) is 0 Å². The Kier molecular flexibility index (Phi) is 4.77. The molecule has 15 heavy (non-hydrogen) atoms. The van der Waals surface area contributed by atoms with Gasteiger partial charge in [-0.25, -0.2) is 5.10 Å². The molecule has 84 valence electrons. The molecule has 0 aromatic carbocycles. The molecule has 1 heterocycles. The molecular weight excluding hydrogens is 262 g/mol. The Hall–Kier alpha value is -0.880. The highest BCUT2D eigenvalue weighted by Crippen LogP contribution is 2.17. The van der Waals surface area contributed by atoms with Crippen molar-refractivity contribution in [3.05, 3.63) is 21.0 Å². The second-order valence-electron chi connectivity index (χ2n) is 3.34. The second-order valence-corrected chi connectivity index (χ2v) is 4.13. The number of rotatable bonds is 5. The zero-order valence-corrected chi connectivity index (χ0v) is 10.0. The molecule has 0 saturated carbocycles. The molecule has 1 rings (SSSR count). The first-order valence-electron chi connectivity index (χ1n) is 4.75. The molecule has 0 radical (unpaired) electrons. The minimum absolute atomic E-state index is 0.181. The number of nitrogens with zero attached hydrogens (tertiary/aromatic N) is 1. The quantitative estimate of drug-likeness (QED) is 0.752. The largest absolute Gasteiger partial charge is 0.396 e. The van der Waals surface area contributed by atoms with Crippen LogP contribution in [0.1, 0.15) is 19.8 Å². The number of hydrogen-bond acceptors (Lipinski definition) is 4. The highest BCUT2D eigenvalue weighted by atomic mass is 79.9. The lowest BCUT2D eigenvalue weighted by Crippen LogP contribution is -2.19. The van der Waals surface area contributed by atoms with Gasteiger partial charge in [0.2, 0.25) is 0 Å². The number of aromatic nitrogens is 2. The fourth-order valence-corrected chi connectivity index (χ4v) is 1.52. The van der Waals surface area contributed by atoms with Crippen LogP contribution in [-0.2, 0) is 0 Å². The van der Waals surface area contributed by atoms with Crippen LogP contribution >= 0.6 is 15.9 Å². The van der Waals surface area contributed by atoms with Crippen LogP contribution in [0, 0.1) is 0 Å². The van der Waals surface area contributed by atoms with E-state index in [4.69, 9.17) is 5.11 Å². The highest BCUT2D eigenvalue weighted by Gasteiger charge is 2.07. The molecule has 0 amide bonds. The Morgan fingerprint density at radius 1 is 1.73 bits per heavy atom. The summed E-state index contributed by atoms with van der Waals surface area (Å²) in [7, 11) is 0. The summed E-state index contributed by atoms with van der Waals surface area (Å²) in [5, 5.41) is 17.8. The number of anilines is 1. The zero-order chi connectivity index (χ0) is 11.3. The van der Waals surface area contributed by atoms with Crippen molar-refractivity contribution in [1.82, 2.24) is 10.2 Å². The van der Waals surface area contributed by atoms with E-state index in [0.29, 0.717) is 10.2 Å². The molecule has 1 aromatic heterocycles. The fourth-order valence-electron chi connectivity index (χ4n) is 1.22. The SMILES string of the molecule is CC(CCCO)Nc1cn[nH]c(=O)c1Br. The van der Waals surface area contributed by atoms with Crippen molar-refractivity contribution in [2.24, 2.45) is 0 Å². The Morgan fingerprint density at radius 2 is 2.47 bits per heavy atom. The molecule has 0 fully saturated rings. The summed E-state index contributed by atoms with van der Waals surface area (Å²) in [5.41, 5.74) is 0.415. The number of aromatic amines is 1. The molecule has 0 aliphatic carbocycles. The summed E-state index contributed by atoms with van der Waals surface area (Å²) in [5.74, 6) is 0. The lowest BCUT2D eigenvalue weighted by atomic mass is 10.2. The molecule has 1 atom stereocenters. The van der Waals surface area contributed by atoms with Gasteiger partial charge >= 0.3 is 0 Å². The Balaban J connectivity index is 2.64. The lowest BCUT2D eigenvalue weighted by molar-refractivity contribution is 0.282. The number of hydrogen-bond donors (Lipinski definition) is 3. The van der Waals surface area contributed by atoms with Crippen molar-refractivity contribution < 1.29 is 5.11 Å². The van der Waals surface area contributed by atoms with Crippen LogP contribution in [0.15, 0.2) is 15.5 Å². The summed E-state index contributed by atoms with van der Waals surface area (Å²) in [4.78, 5) is 11.2. The summed E-state index contributed by atoms with van der Waals surface area (Å²) >= 11 is 3.18. The molecule has 0 saturated heterocycles. The van der Waals surface area contributed by atoms with Gasteiger partial charge in [0, 0.05) is 12.6 Å². The van der Waals surface area contributed by atoms with E-state index >= 15 is 0 Å². The maximum atomic E-state index is 11.2. The van der Waals surface area contributed by atoms with Crippen molar-refractivity contribution >= 4 is 21.6 Å². The van der Waals surface area contributed by atoms with E-state index in [1.807, 2.05) is 6.92 Å². The Morgan fingerprint density at radius 3 is 3.13 bits per heavy atom. The third-order valence-corrected chi connectivity index (χ3v) is 2.78. The number of aliphatic hydroxyl groups excluding tert-OH is 1. The van der Waals surface area contributed by atoms with Gasteiger partial charge in [-0.15, -0.1) is 0 Å². The van der Waals surface area contributed by atoms with E-state index in [-0.39, 0.29) is 18.2 Å². The van der Waals surface area contributed by atoms with Crippen LogP contribution in [-0.4, -0.2) is 28.0 Å². The molecule has 1 aromatic rings. The minimum Gasteiger partial charge on any atom is -0.396 e. The third kappa shape index (κ3) is 3.64. The van der Waals surface area contributed by atoms with Crippen LogP contribution in [0.25, 0.3) is 0 Å². The molecule has 1 unspecified atom stereocenters. The molecule has 0 bridgehead atoms. The summed E-state index contributed by atoms with van der Waals surface area (Å²) in [6.07, 6.45) is 3.14. The number of H-pyrrole nitrogens is 1. The van der Waals surface area contributed by atoms with Gasteiger partial charge in [0.1, 0.15) is 4.47 Å². The van der Waals surface area contributed by atoms with Gasteiger partial charge in [-0.1, -0.05) is 0 Å². The summed E-state index contributed by atoms with van der Waals surface area (Å²) in [6, 6.07) is 0.192.